The molecule has 0 aromatic heterocycles. The Morgan fingerprint density at radius 1 is 1.25 bits per heavy atom. The van der Waals surface area contributed by atoms with E-state index >= 15 is 0 Å². The fourth-order valence-electron chi connectivity index (χ4n) is 2.91. The van der Waals surface area contributed by atoms with Crippen molar-refractivity contribution in [2.45, 2.75) is 45.1 Å². The molecule has 0 amide bonds. The largest absolute Gasteiger partial charge is 0.491 e. The third-order valence-electron chi connectivity index (χ3n) is 4.25. The number of allylic oxidation sites excluding steroid dienone is 1. The number of hydrogen-bond donors (Lipinski definition) is 0. The quantitative estimate of drug-likeness (QED) is 0.619. The fourth-order valence-corrected chi connectivity index (χ4v) is 2.91. The molecule has 0 bridgehead atoms. The standard InChI is InChI=1S/C19H25F3O2/c1-2-23-17-11-8-15(18(21)19(17)22)7-10-16-9-6-14(13-24-16)5-3-4-12-20/h3,5,8,11,14,16H,2,4,6-7,9-10,12-13H2,1H3/b5-3+. The number of rotatable bonds is 8. The lowest BCUT2D eigenvalue weighted by molar-refractivity contribution is -0.00803. The number of alkyl halides is 1. The van der Waals surface area contributed by atoms with Crippen LogP contribution in [0.25, 0.3) is 0 Å². The Balaban J connectivity index is 1.81. The van der Waals surface area contributed by atoms with Crippen LogP contribution in [0, 0.1) is 17.6 Å². The van der Waals surface area contributed by atoms with Gasteiger partial charge in [-0.25, -0.2) is 4.39 Å². The molecule has 2 rings (SSSR count). The van der Waals surface area contributed by atoms with E-state index in [9.17, 15) is 13.2 Å². The van der Waals surface area contributed by atoms with Gasteiger partial charge in [0.05, 0.1) is 26.0 Å². The van der Waals surface area contributed by atoms with Crippen molar-refractivity contribution >= 4 is 0 Å². The van der Waals surface area contributed by atoms with Gasteiger partial charge in [-0.15, -0.1) is 0 Å². The molecule has 1 aromatic carbocycles. The highest BCUT2D eigenvalue weighted by Gasteiger charge is 2.21. The molecule has 5 heteroatoms. The molecule has 134 valence electrons. The second kappa shape index (κ2) is 9.72. The van der Waals surface area contributed by atoms with Gasteiger partial charge in [0.25, 0.3) is 0 Å². The minimum absolute atomic E-state index is 0.0458. The molecule has 24 heavy (non-hydrogen) atoms. The minimum atomic E-state index is -0.919. The Morgan fingerprint density at radius 2 is 2.08 bits per heavy atom. The van der Waals surface area contributed by atoms with E-state index in [0.717, 1.165) is 12.8 Å². The molecule has 0 spiro atoms. The molecule has 1 heterocycles. The van der Waals surface area contributed by atoms with Crippen LogP contribution in [-0.4, -0.2) is 26.0 Å². The monoisotopic (exact) mass is 342 g/mol. The minimum Gasteiger partial charge on any atom is -0.491 e. The zero-order chi connectivity index (χ0) is 17.4. The number of aryl methyl sites for hydroxylation is 1. The predicted octanol–water partition coefficient (Wildman–Crippen LogP) is 5.01. The maximum atomic E-state index is 14.0. The first-order chi connectivity index (χ1) is 11.7. The van der Waals surface area contributed by atoms with Crippen molar-refractivity contribution in [3.05, 3.63) is 41.5 Å². The van der Waals surface area contributed by atoms with E-state index in [4.69, 9.17) is 9.47 Å². The zero-order valence-corrected chi connectivity index (χ0v) is 14.1. The third kappa shape index (κ3) is 5.26. The molecule has 1 saturated heterocycles. The van der Waals surface area contributed by atoms with E-state index in [1.807, 2.05) is 12.2 Å². The SMILES string of the molecule is CCOc1ccc(CCC2CCC(/C=C/CCF)CO2)c(F)c1F. The van der Waals surface area contributed by atoms with Crippen LogP contribution in [0.4, 0.5) is 13.2 Å². The third-order valence-corrected chi connectivity index (χ3v) is 4.25. The number of hydrogen-bond acceptors (Lipinski definition) is 2. The molecular formula is C19H25F3O2. The summed E-state index contributed by atoms with van der Waals surface area (Å²) in [6.07, 6.45) is 7.32. The molecule has 2 atom stereocenters. The Hall–Kier alpha value is -1.49. The van der Waals surface area contributed by atoms with Gasteiger partial charge in [-0.05, 0) is 50.7 Å². The maximum absolute atomic E-state index is 14.0. The van der Waals surface area contributed by atoms with Gasteiger partial charge < -0.3 is 9.47 Å². The lowest BCUT2D eigenvalue weighted by atomic mass is 9.94. The van der Waals surface area contributed by atoms with Crippen LogP contribution < -0.4 is 4.74 Å². The van der Waals surface area contributed by atoms with Gasteiger partial charge in [0.15, 0.2) is 11.6 Å². The van der Waals surface area contributed by atoms with Crippen molar-refractivity contribution in [1.82, 2.24) is 0 Å². The van der Waals surface area contributed by atoms with Crippen molar-refractivity contribution in [3.63, 3.8) is 0 Å². The van der Waals surface area contributed by atoms with E-state index < -0.39 is 11.6 Å². The summed E-state index contributed by atoms with van der Waals surface area (Å²) < 4.78 is 50.8. The highest BCUT2D eigenvalue weighted by Crippen LogP contribution is 2.26. The van der Waals surface area contributed by atoms with Gasteiger partial charge in [-0.2, -0.15) is 4.39 Å². The number of benzene rings is 1. The number of ether oxygens (including phenoxy) is 2. The smallest absolute Gasteiger partial charge is 0.200 e. The van der Waals surface area contributed by atoms with Crippen molar-refractivity contribution in [2.75, 3.05) is 19.9 Å². The van der Waals surface area contributed by atoms with Crippen molar-refractivity contribution in [2.24, 2.45) is 5.92 Å². The molecule has 0 saturated carbocycles. The van der Waals surface area contributed by atoms with E-state index in [-0.39, 0.29) is 18.5 Å². The maximum Gasteiger partial charge on any atom is 0.200 e. The average molecular weight is 342 g/mol. The van der Waals surface area contributed by atoms with E-state index in [0.29, 0.717) is 44.0 Å². The lowest BCUT2D eigenvalue weighted by Crippen LogP contribution is -2.25. The molecule has 1 aliphatic rings. The second-order valence-electron chi connectivity index (χ2n) is 6.02. The Kier molecular flexibility index (Phi) is 7.63. The molecule has 0 N–H and O–H groups in total. The molecule has 0 aliphatic carbocycles. The summed E-state index contributed by atoms with van der Waals surface area (Å²) in [4.78, 5) is 0. The lowest BCUT2D eigenvalue weighted by Gasteiger charge is -2.27. The van der Waals surface area contributed by atoms with Crippen LogP contribution in [0.3, 0.4) is 0 Å². The molecular weight excluding hydrogens is 317 g/mol. The van der Waals surface area contributed by atoms with Crippen molar-refractivity contribution < 1.29 is 22.6 Å². The molecule has 1 aliphatic heterocycles. The Labute approximate surface area is 141 Å². The highest BCUT2D eigenvalue weighted by atomic mass is 19.2. The van der Waals surface area contributed by atoms with Crippen LogP contribution in [-0.2, 0) is 11.2 Å². The van der Waals surface area contributed by atoms with Gasteiger partial charge in [-0.1, -0.05) is 18.2 Å². The van der Waals surface area contributed by atoms with E-state index in [2.05, 4.69) is 0 Å². The predicted molar refractivity (Wildman–Crippen MR) is 88.0 cm³/mol. The summed E-state index contributed by atoms with van der Waals surface area (Å²) in [6.45, 7) is 2.29. The van der Waals surface area contributed by atoms with E-state index in [1.165, 1.54) is 6.07 Å². The summed E-state index contributed by atoms with van der Waals surface area (Å²) in [5.41, 5.74) is 0.351. The van der Waals surface area contributed by atoms with Crippen molar-refractivity contribution in [1.29, 1.82) is 0 Å². The molecule has 1 aromatic rings. The normalized spacial score (nSPS) is 21.3. The highest BCUT2D eigenvalue weighted by molar-refractivity contribution is 5.31. The molecule has 2 unspecified atom stereocenters. The summed E-state index contributed by atoms with van der Waals surface area (Å²) in [5.74, 6) is -1.47. The first-order valence-electron chi connectivity index (χ1n) is 8.59. The van der Waals surface area contributed by atoms with Gasteiger partial charge in [0.1, 0.15) is 0 Å². The number of halogens is 3. The average Bonchev–Trinajstić information content (AvgIpc) is 2.60. The first-order valence-corrected chi connectivity index (χ1v) is 8.59. The summed E-state index contributed by atoms with van der Waals surface area (Å²) in [7, 11) is 0. The van der Waals surface area contributed by atoms with Gasteiger partial charge in [0, 0.05) is 5.92 Å². The second-order valence-corrected chi connectivity index (χ2v) is 6.02. The molecule has 2 nitrogen and oxygen atoms in total. The molecule has 1 fully saturated rings. The topological polar surface area (TPSA) is 18.5 Å². The van der Waals surface area contributed by atoms with Gasteiger partial charge in [-0.3, -0.25) is 4.39 Å². The van der Waals surface area contributed by atoms with Crippen LogP contribution in [0.5, 0.6) is 5.75 Å². The van der Waals surface area contributed by atoms with E-state index in [1.54, 1.807) is 13.0 Å². The first kappa shape index (κ1) is 18.8. The van der Waals surface area contributed by atoms with Crippen LogP contribution >= 0.6 is 0 Å². The summed E-state index contributed by atoms with van der Waals surface area (Å²) >= 11 is 0. The zero-order valence-electron chi connectivity index (χ0n) is 14.1. The van der Waals surface area contributed by atoms with Crippen LogP contribution in [0.2, 0.25) is 0 Å². The Bertz CT molecular complexity index is 538. The summed E-state index contributed by atoms with van der Waals surface area (Å²) in [5, 5.41) is 0. The fraction of sp³-hybridized carbons (Fsp3) is 0.579. The van der Waals surface area contributed by atoms with Crippen LogP contribution in [0.1, 0.15) is 38.2 Å². The van der Waals surface area contributed by atoms with Crippen molar-refractivity contribution in [3.8, 4) is 5.75 Å². The Morgan fingerprint density at radius 3 is 2.75 bits per heavy atom. The van der Waals surface area contributed by atoms with Gasteiger partial charge >= 0.3 is 0 Å². The van der Waals surface area contributed by atoms with Crippen LogP contribution in [0.15, 0.2) is 24.3 Å². The summed E-state index contributed by atoms with van der Waals surface area (Å²) in [6, 6.07) is 3.05. The molecule has 0 radical (unpaired) electrons. The van der Waals surface area contributed by atoms with Gasteiger partial charge in [0.2, 0.25) is 5.82 Å².